The van der Waals surface area contributed by atoms with Crippen LogP contribution in [-0.4, -0.2) is 24.0 Å². The molecule has 1 aliphatic rings. The van der Waals surface area contributed by atoms with Crippen molar-refractivity contribution in [1.29, 1.82) is 0 Å². The van der Waals surface area contributed by atoms with Gasteiger partial charge in [0, 0.05) is 19.1 Å². The lowest BCUT2D eigenvalue weighted by Crippen LogP contribution is -2.39. The van der Waals surface area contributed by atoms with E-state index in [2.05, 4.69) is 11.5 Å². The van der Waals surface area contributed by atoms with Gasteiger partial charge in [-0.15, -0.1) is 0 Å². The molecule has 0 aliphatic carbocycles. The summed E-state index contributed by atoms with van der Waals surface area (Å²) >= 11 is 0. The van der Waals surface area contributed by atoms with Crippen molar-refractivity contribution in [2.45, 2.75) is 18.9 Å². The van der Waals surface area contributed by atoms with Crippen molar-refractivity contribution in [2.75, 3.05) is 13.1 Å². The zero-order valence-electron chi connectivity index (χ0n) is 5.71. The third-order valence-corrected chi connectivity index (χ3v) is 1.75. The number of hydrogen-bond acceptors (Lipinski definition) is 2. The molecule has 0 radical (unpaired) electrons. The van der Waals surface area contributed by atoms with Gasteiger partial charge in [0.15, 0.2) is 0 Å². The summed E-state index contributed by atoms with van der Waals surface area (Å²) in [6, 6.07) is 0.372. The van der Waals surface area contributed by atoms with Gasteiger partial charge in [-0.1, -0.05) is 6.58 Å². The van der Waals surface area contributed by atoms with E-state index in [1.807, 2.05) is 6.20 Å². The van der Waals surface area contributed by atoms with E-state index >= 15 is 0 Å². The fraction of sp³-hybridized carbons (Fsp3) is 0.714. The predicted molar refractivity (Wildman–Crippen MR) is 39.0 cm³/mol. The lowest BCUT2D eigenvalue weighted by atomic mass is 10.1. The Morgan fingerprint density at radius 3 is 2.89 bits per heavy atom. The van der Waals surface area contributed by atoms with Crippen LogP contribution in [0.4, 0.5) is 0 Å². The average molecular weight is 126 g/mol. The van der Waals surface area contributed by atoms with Gasteiger partial charge in [-0.3, -0.25) is 0 Å². The van der Waals surface area contributed by atoms with E-state index in [9.17, 15) is 0 Å². The number of nitrogens with two attached hydrogens (primary N) is 1. The van der Waals surface area contributed by atoms with Gasteiger partial charge in [-0.25, -0.2) is 0 Å². The minimum atomic E-state index is 0.372. The second-order valence-corrected chi connectivity index (χ2v) is 2.58. The molecule has 1 saturated heterocycles. The molecule has 0 spiro atoms. The van der Waals surface area contributed by atoms with Gasteiger partial charge in [-0.05, 0) is 19.0 Å². The Labute approximate surface area is 56.3 Å². The van der Waals surface area contributed by atoms with Crippen molar-refractivity contribution in [3.8, 4) is 0 Å². The second-order valence-electron chi connectivity index (χ2n) is 2.58. The van der Waals surface area contributed by atoms with Gasteiger partial charge in [0.05, 0.1) is 0 Å². The molecule has 2 N–H and O–H groups in total. The maximum Gasteiger partial charge on any atom is 0.0324 e. The van der Waals surface area contributed by atoms with Crippen LogP contribution in [-0.2, 0) is 0 Å². The first-order chi connectivity index (χ1) is 4.33. The molecule has 2 heteroatoms. The summed E-state index contributed by atoms with van der Waals surface area (Å²) in [6.07, 6.45) is 4.26. The molecule has 0 unspecified atom stereocenters. The summed E-state index contributed by atoms with van der Waals surface area (Å²) in [6.45, 7) is 5.81. The van der Waals surface area contributed by atoms with Crippen molar-refractivity contribution in [3.63, 3.8) is 0 Å². The predicted octanol–water partition coefficient (Wildman–Crippen LogP) is 0.553. The molecule has 1 aliphatic heterocycles. The molecule has 1 rings (SSSR count). The Bertz CT molecular complexity index is 101. The Morgan fingerprint density at radius 1 is 1.67 bits per heavy atom. The molecule has 0 bridgehead atoms. The maximum atomic E-state index is 5.71. The topological polar surface area (TPSA) is 29.3 Å². The fourth-order valence-corrected chi connectivity index (χ4v) is 1.21. The second kappa shape index (κ2) is 2.87. The monoisotopic (exact) mass is 126 g/mol. The van der Waals surface area contributed by atoms with E-state index in [4.69, 9.17) is 5.73 Å². The van der Waals surface area contributed by atoms with Crippen LogP contribution in [0.25, 0.3) is 0 Å². The molecule has 0 amide bonds. The average Bonchev–Trinajstić information content (AvgIpc) is 1.88. The van der Waals surface area contributed by atoms with Crippen LogP contribution >= 0.6 is 0 Å². The normalized spacial score (nSPS) is 28.1. The lowest BCUT2D eigenvalue weighted by molar-refractivity contribution is 0.281. The van der Waals surface area contributed by atoms with E-state index in [-0.39, 0.29) is 0 Å². The minimum Gasteiger partial charge on any atom is -0.376 e. The van der Waals surface area contributed by atoms with Gasteiger partial charge in [-0.2, -0.15) is 0 Å². The van der Waals surface area contributed by atoms with Crippen molar-refractivity contribution in [3.05, 3.63) is 12.8 Å². The molecule has 52 valence electrons. The molecule has 2 nitrogen and oxygen atoms in total. The standard InChI is InChI=1S/C7H14N2/c1-2-9-5-3-4-7(8)6-9/h2,7H,1,3-6,8H2/t7-/m1/s1. The Morgan fingerprint density at radius 2 is 2.44 bits per heavy atom. The van der Waals surface area contributed by atoms with Gasteiger partial charge in [0.2, 0.25) is 0 Å². The third kappa shape index (κ3) is 1.72. The summed E-state index contributed by atoms with van der Waals surface area (Å²) in [4.78, 5) is 2.17. The Kier molecular flexibility index (Phi) is 2.11. The summed E-state index contributed by atoms with van der Waals surface area (Å²) in [5.74, 6) is 0. The van der Waals surface area contributed by atoms with Gasteiger partial charge in [0.25, 0.3) is 0 Å². The summed E-state index contributed by atoms with van der Waals surface area (Å²) in [5, 5.41) is 0. The van der Waals surface area contributed by atoms with Crippen LogP contribution in [0, 0.1) is 0 Å². The molecule has 1 fully saturated rings. The van der Waals surface area contributed by atoms with Crippen molar-refractivity contribution in [2.24, 2.45) is 5.73 Å². The molecule has 0 aromatic rings. The van der Waals surface area contributed by atoms with Gasteiger partial charge < -0.3 is 10.6 Å². The molecule has 1 heterocycles. The van der Waals surface area contributed by atoms with Crippen molar-refractivity contribution >= 4 is 0 Å². The Balaban J connectivity index is 2.31. The zero-order chi connectivity index (χ0) is 6.69. The van der Waals surface area contributed by atoms with Crippen LogP contribution in [0.2, 0.25) is 0 Å². The highest BCUT2D eigenvalue weighted by Gasteiger charge is 2.12. The van der Waals surface area contributed by atoms with E-state index < -0.39 is 0 Å². The SMILES string of the molecule is C=CN1CCC[C@@H](N)C1. The van der Waals surface area contributed by atoms with Crippen molar-refractivity contribution < 1.29 is 0 Å². The molecular weight excluding hydrogens is 112 g/mol. The van der Waals surface area contributed by atoms with Crippen molar-refractivity contribution in [1.82, 2.24) is 4.90 Å². The van der Waals surface area contributed by atoms with Crippen LogP contribution in [0.5, 0.6) is 0 Å². The van der Waals surface area contributed by atoms with Gasteiger partial charge in [0.1, 0.15) is 0 Å². The van der Waals surface area contributed by atoms with Crippen LogP contribution in [0.3, 0.4) is 0 Å². The minimum absolute atomic E-state index is 0.372. The maximum absolute atomic E-state index is 5.71. The molecule has 1 atom stereocenters. The molecule has 9 heavy (non-hydrogen) atoms. The van der Waals surface area contributed by atoms with E-state index in [0.717, 1.165) is 13.1 Å². The number of hydrogen-bond donors (Lipinski definition) is 1. The number of likely N-dealkylation sites (tertiary alicyclic amines) is 1. The number of piperidine rings is 1. The highest BCUT2D eigenvalue weighted by Crippen LogP contribution is 2.06. The van der Waals surface area contributed by atoms with Crippen LogP contribution in [0.1, 0.15) is 12.8 Å². The quantitative estimate of drug-likeness (QED) is 0.556. The van der Waals surface area contributed by atoms with E-state index in [0.29, 0.717) is 6.04 Å². The van der Waals surface area contributed by atoms with Crippen LogP contribution in [0.15, 0.2) is 12.8 Å². The molecule has 0 aromatic carbocycles. The van der Waals surface area contributed by atoms with E-state index in [1.54, 1.807) is 0 Å². The van der Waals surface area contributed by atoms with Crippen LogP contribution < -0.4 is 5.73 Å². The number of rotatable bonds is 1. The summed E-state index contributed by atoms with van der Waals surface area (Å²) in [5.41, 5.74) is 5.71. The smallest absolute Gasteiger partial charge is 0.0324 e. The lowest BCUT2D eigenvalue weighted by Gasteiger charge is -2.28. The van der Waals surface area contributed by atoms with E-state index in [1.165, 1.54) is 12.8 Å². The molecular formula is C7H14N2. The zero-order valence-corrected chi connectivity index (χ0v) is 5.71. The first-order valence-corrected chi connectivity index (χ1v) is 3.45. The fourth-order valence-electron chi connectivity index (χ4n) is 1.21. The van der Waals surface area contributed by atoms with Gasteiger partial charge >= 0.3 is 0 Å². The highest BCUT2D eigenvalue weighted by atomic mass is 15.1. The summed E-state index contributed by atoms with van der Waals surface area (Å²) < 4.78 is 0. The summed E-state index contributed by atoms with van der Waals surface area (Å²) in [7, 11) is 0. The Hall–Kier alpha value is -0.500. The first-order valence-electron chi connectivity index (χ1n) is 3.45. The molecule has 0 saturated carbocycles. The third-order valence-electron chi connectivity index (χ3n) is 1.75. The highest BCUT2D eigenvalue weighted by molar-refractivity contribution is 4.80. The number of nitrogens with zero attached hydrogens (tertiary/aromatic N) is 1. The molecule has 0 aromatic heterocycles. The first kappa shape index (κ1) is 6.62. The largest absolute Gasteiger partial charge is 0.376 e.